The molecule has 0 unspecified atom stereocenters. The van der Waals surface area contributed by atoms with Gasteiger partial charge < -0.3 is 19.9 Å². The number of nitrogens with two attached hydrogens (primary N) is 1. The number of aryl methyl sites for hydroxylation is 1. The van der Waals surface area contributed by atoms with Gasteiger partial charge in [0.15, 0.2) is 5.88 Å². The molecule has 0 saturated carbocycles. The lowest BCUT2D eigenvalue weighted by molar-refractivity contribution is 0.196. The van der Waals surface area contributed by atoms with Crippen LogP contribution in [0.3, 0.4) is 0 Å². The lowest BCUT2D eigenvalue weighted by atomic mass is 10.1. The summed E-state index contributed by atoms with van der Waals surface area (Å²) in [7, 11) is 1.58. The summed E-state index contributed by atoms with van der Waals surface area (Å²) in [5, 5.41) is 0.668. The summed E-state index contributed by atoms with van der Waals surface area (Å²) in [6.45, 7) is 4.12. The van der Waals surface area contributed by atoms with Crippen LogP contribution in [0.5, 0.6) is 5.75 Å². The molecule has 0 fully saturated rings. The van der Waals surface area contributed by atoms with Gasteiger partial charge >= 0.3 is 0 Å². The van der Waals surface area contributed by atoms with Gasteiger partial charge in [-0.25, -0.2) is 0 Å². The highest BCUT2D eigenvalue weighted by Gasteiger charge is 2.04. The average Bonchev–Trinajstić information content (AvgIpc) is 2.64. The SMILES string of the molecule is CO/C=C(\C)Oc1cc(COC(N)=CC=Nc2ccc(Cl)cc2)ccc1C. The fraction of sp³-hybridized carbons (Fsp3) is 0.190. The Morgan fingerprint density at radius 3 is 2.63 bits per heavy atom. The molecule has 2 aromatic rings. The third-order valence-corrected chi connectivity index (χ3v) is 3.75. The number of hydrogen-bond donors (Lipinski definition) is 1. The fourth-order valence-corrected chi connectivity index (χ4v) is 2.27. The predicted octanol–water partition coefficient (Wildman–Crippen LogP) is 5.25. The van der Waals surface area contributed by atoms with Crippen LogP contribution in [-0.4, -0.2) is 13.3 Å². The number of halogens is 1. The number of hydrogen-bond acceptors (Lipinski definition) is 5. The molecule has 0 spiro atoms. The predicted molar refractivity (Wildman–Crippen MR) is 109 cm³/mol. The molecule has 2 N–H and O–H groups in total. The maximum atomic E-state index is 5.87. The van der Waals surface area contributed by atoms with Crippen molar-refractivity contribution in [3.8, 4) is 5.75 Å². The van der Waals surface area contributed by atoms with E-state index in [1.165, 1.54) is 0 Å². The highest BCUT2D eigenvalue weighted by Crippen LogP contribution is 2.22. The molecular weight excluding hydrogens is 364 g/mol. The van der Waals surface area contributed by atoms with E-state index in [2.05, 4.69) is 4.99 Å². The van der Waals surface area contributed by atoms with E-state index in [1.54, 1.807) is 37.8 Å². The van der Waals surface area contributed by atoms with Crippen LogP contribution in [0.4, 0.5) is 5.69 Å². The summed E-state index contributed by atoms with van der Waals surface area (Å²) in [5.74, 6) is 1.68. The van der Waals surface area contributed by atoms with Crippen molar-refractivity contribution in [1.82, 2.24) is 0 Å². The summed E-state index contributed by atoms with van der Waals surface area (Å²) in [6.07, 6.45) is 4.73. The Morgan fingerprint density at radius 1 is 1.19 bits per heavy atom. The van der Waals surface area contributed by atoms with Crippen LogP contribution in [0, 0.1) is 6.92 Å². The smallest absolute Gasteiger partial charge is 0.185 e. The van der Waals surface area contributed by atoms with Crippen LogP contribution in [0.1, 0.15) is 18.1 Å². The molecule has 0 saturated heterocycles. The van der Waals surface area contributed by atoms with Gasteiger partial charge in [-0.2, -0.15) is 0 Å². The van der Waals surface area contributed by atoms with Crippen molar-refractivity contribution in [2.24, 2.45) is 10.7 Å². The summed E-state index contributed by atoms with van der Waals surface area (Å²) >= 11 is 5.84. The van der Waals surface area contributed by atoms with Crippen molar-refractivity contribution in [1.29, 1.82) is 0 Å². The van der Waals surface area contributed by atoms with E-state index in [9.17, 15) is 0 Å². The molecule has 2 rings (SSSR count). The summed E-state index contributed by atoms with van der Waals surface area (Å²) in [6, 6.07) is 13.0. The Kier molecular flexibility index (Phi) is 7.77. The summed E-state index contributed by atoms with van der Waals surface area (Å²) < 4.78 is 16.3. The van der Waals surface area contributed by atoms with E-state index in [0.717, 1.165) is 22.6 Å². The quantitative estimate of drug-likeness (QED) is 0.496. The fourth-order valence-electron chi connectivity index (χ4n) is 2.15. The van der Waals surface area contributed by atoms with Crippen molar-refractivity contribution < 1.29 is 14.2 Å². The van der Waals surface area contributed by atoms with Gasteiger partial charge in [0.05, 0.1) is 12.8 Å². The van der Waals surface area contributed by atoms with Gasteiger partial charge in [-0.1, -0.05) is 23.7 Å². The van der Waals surface area contributed by atoms with Crippen LogP contribution >= 0.6 is 11.6 Å². The Morgan fingerprint density at radius 2 is 1.93 bits per heavy atom. The normalized spacial score (nSPS) is 12.3. The monoisotopic (exact) mass is 386 g/mol. The zero-order valence-electron chi connectivity index (χ0n) is 15.6. The van der Waals surface area contributed by atoms with Gasteiger partial charge in [-0.15, -0.1) is 0 Å². The highest BCUT2D eigenvalue weighted by atomic mass is 35.5. The second-order valence-electron chi connectivity index (χ2n) is 5.78. The molecule has 0 atom stereocenters. The summed E-state index contributed by atoms with van der Waals surface area (Å²) in [4.78, 5) is 4.26. The molecule has 0 amide bonds. The van der Waals surface area contributed by atoms with Crippen LogP contribution in [0.2, 0.25) is 5.02 Å². The topological polar surface area (TPSA) is 66.1 Å². The van der Waals surface area contributed by atoms with Crippen molar-refractivity contribution in [2.45, 2.75) is 20.5 Å². The molecule has 0 radical (unpaired) electrons. The standard InChI is InChI=1S/C21H23ClN2O3/c1-15-4-5-17(12-20(15)27-16(2)13-25-3)14-26-21(23)10-11-24-19-8-6-18(22)7-9-19/h4-13H,14,23H2,1-3H3/b16-13+,21-10?,24-11?. The molecule has 142 valence electrons. The van der Waals surface area contributed by atoms with Crippen LogP contribution in [-0.2, 0) is 16.1 Å². The molecule has 27 heavy (non-hydrogen) atoms. The van der Waals surface area contributed by atoms with Gasteiger partial charge in [0, 0.05) is 17.3 Å². The van der Waals surface area contributed by atoms with E-state index in [0.29, 0.717) is 17.4 Å². The second-order valence-corrected chi connectivity index (χ2v) is 6.21. The molecule has 0 aliphatic heterocycles. The molecule has 0 heterocycles. The first-order chi connectivity index (χ1) is 13.0. The van der Waals surface area contributed by atoms with Crippen LogP contribution < -0.4 is 10.5 Å². The number of benzene rings is 2. The molecule has 0 bridgehead atoms. The van der Waals surface area contributed by atoms with Gasteiger partial charge in [0.2, 0.25) is 0 Å². The minimum atomic E-state index is 0.270. The van der Waals surface area contributed by atoms with Gasteiger partial charge in [-0.05, 0) is 55.3 Å². The van der Waals surface area contributed by atoms with Crippen molar-refractivity contribution in [3.05, 3.63) is 82.6 Å². The first kappa shape index (κ1) is 20.4. The number of allylic oxidation sites excluding steroid dienone is 2. The number of nitrogens with zero attached hydrogens (tertiary/aromatic N) is 1. The minimum absolute atomic E-state index is 0.270. The molecule has 0 aliphatic carbocycles. The molecule has 5 nitrogen and oxygen atoms in total. The van der Waals surface area contributed by atoms with Crippen molar-refractivity contribution in [3.63, 3.8) is 0 Å². The average molecular weight is 387 g/mol. The molecule has 0 aliphatic rings. The van der Waals surface area contributed by atoms with Crippen molar-refractivity contribution in [2.75, 3.05) is 7.11 Å². The van der Waals surface area contributed by atoms with E-state index in [-0.39, 0.29) is 5.88 Å². The number of rotatable bonds is 8. The second kappa shape index (κ2) is 10.3. The Labute approximate surface area is 164 Å². The zero-order chi connectivity index (χ0) is 19.6. The maximum absolute atomic E-state index is 5.87. The molecule has 6 heteroatoms. The highest BCUT2D eigenvalue weighted by molar-refractivity contribution is 6.30. The number of methoxy groups -OCH3 is 1. The van der Waals surface area contributed by atoms with E-state index >= 15 is 0 Å². The Hall–Kier alpha value is -2.92. The third-order valence-electron chi connectivity index (χ3n) is 3.50. The zero-order valence-corrected chi connectivity index (χ0v) is 16.4. The largest absolute Gasteiger partial charge is 0.501 e. The maximum Gasteiger partial charge on any atom is 0.185 e. The van der Waals surface area contributed by atoms with Crippen molar-refractivity contribution >= 4 is 23.5 Å². The molecule has 2 aromatic carbocycles. The van der Waals surface area contributed by atoms with Crippen LogP contribution in [0.15, 0.2) is 71.4 Å². The lowest BCUT2D eigenvalue weighted by Gasteiger charge is -2.11. The Balaban J connectivity index is 1.94. The minimum Gasteiger partial charge on any atom is -0.501 e. The van der Waals surface area contributed by atoms with Crippen LogP contribution in [0.25, 0.3) is 0 Å². The molecule has 0 aromatic heterocycles. The van der Waals surface area contributed by atoms with E-state index < -0.39 is 0 Å². The Bertz CT molecular complexity index is 843. The first-order valence-corrected chi connectivity index (χ1v) is 8.71. The van der Waals surface area contributed by atoms with Gasteiger partial charge in [0.1, 0.15) is 24.4 Å². The summed E-state index contributed by atoms with van der Waals surface area (Å²) in [5.41, 5.74) is 8.60. The third kappa shape index (κ3) is 7.07. The van der Waals surface area contributed by atoms with E-state index in [1.807, 2.05) is 44.2 Å². The number of ether oxygens (including phenoxy) is 3. The molecular formula is C21H23ClN2O3. The first-order valence-electron chi connectivity index (χ1n) is 8.33. The number of aliphatic imine (C=N–C) groups is 1. The lowest BCUT2D eigenvalue weighted by Crippen LogP contribution is -2.04. The van der Waals surface area contributed by atoms with E-state index in [4.69, 9.17) is 31.5 Å². The van der Waals surface area contributed by atoms with Gasteiger partial charge in [0.25, 0.3) is 0 Å². The van der Waals surface area contributed by atoms with Gasteiger partial charge in [-0.3, -0.25) is 4.99 Å².